The molecule has 0 saturated heterocycles. The van der Waals surface area contributed by atoms with Crippen molar-refractivity contribution in [2.75, 3.05) is 6.54 Å². The molecule has 0 radical (unpaired) electrons. The highest BCUT2D eigenvalue weighted by Crippen LogP contribution is 2.30. The van der Waals surface area contributed by atoms with Crippen molar-refractivity contribution in [1.29, 1.82) is 0 Å². The molecule has 0 heterocycles. The van der Waals surface area contributed by atoms with Gasteiger partial charge in [-0.1, -0.05) is 19.8 Å². The number of hydrogen-bond acceptors (Lipinski definition) is 1. The van der Waals surface area contributed by atoms with Crippen molar-refractivity contribution < 1.29 is 9.18 Å². The standard InChI is InChI=1S/C14H17FINO/c1-9-3-2-4-10(9)8-17-14(18)12-6-5-11(15)7-13(12)16/h5-7,9-10H,2-4,8H2,1H3,(H,17,18). The molecule has 4 heteroatoms. The lowest BCUT2D eigenvalue weighted by Crippen LogP contribution is -2.30. The van der Waals surface area contributed by atoms with Gasteiger partial charge in [-0.3, -0.25) is 4.79 Å². The molecule has 1 aromatic rings. The predicted molar refractivity (Wildman–Crippen MR) is 78.0 cm³/mol. The van der Waals surface area contributed by atoms with Crippen LogP contribution < -0.4 is 5.32 Å². The number of nitrogens with one attached hydrogen (secondary N) is 1. The fourth-order valence-corrected chi connectivity index (χ4v) is 3.24. The Balaban J connectivity index is 1.95. The van der Waals surface area contributed by atoms with Crippen LogP contribution in [0, 0.1) is 21.2 Å². The summed E-state index contributed by atoms with van der Waals surface area (Å²) in [7, 11) is 0. The highest BCUT2D eigenvalue weighted by atomic mass is 127. The first-order valence-corrected chi connectivity index (χ1v) is 7.39. The lowest BCUT2D eigenvalue weighted by Gasteiger charge is -2.16. The number of halogens is 2. The minimum atomic E-state index is -0.305. The van der Waals surface area contributed by atoms with Crippen molar-refractivity contribution >= 4 is 28.5 Å². The molecule has 1 aliphatic carbocycles. The Morgan fingerprint density at radius 2 is 2.28 bits per heavy atom. The molecule has 2 nitrogen and oxygen atoms in total. The van der Waals surface area contributed by atoms with E-state index in [-0.39, 0.29) is 11.7 Å². The monoisotopic (exact) mass is 361 g/mol. The lowest BCUT2D eigenvalue weighted by atomic mass is 9.98. The Kier molecular flexibility index (Phi) is 4.59. The highest BCUT2D eigenvalue weighted by molar-refractivity contribution is 14.1. The van der Waals surface area contributed by atoms with E-state index in [4.69, 9.17) is 0 Å². The molecule has 2 rings (SSSR count). The molecule has 2 unspecified atom stereocenters. The zero-order valence-electron chi connectivity index (χ0n) is 10.4. The maximum Gasteiger partial charge on any atom is 0.252 e. The lowest BCUT2D eigenvalue weighted by molar-refractivity contribution is 0.0943. The fraction of sp³-hybridized carbons (Fsp3) is 0.500. The van der Waals surface area contributed by atoms with Gasteiger partial charge in [0.05, 0.1) is 5.56 Å². The van der Waals surface area contributed by atoms with E-state index in [1.807, 2.05) is 22.6 Å². The van der Waals surface area contributed by atoms with E-state index in [9.17, 15) is 9.18 Å². The Hall–Kier alpha value is -0.650. The SMILES string of the molecule is CC1CCCC1CNC(=O)c1ccc(F)cc1I. The molecular formula is C14H17FINO. The zero-order chi connectivity index (χ0) is 13.1. The third-order valence-electron chi connectivity index (χ3n) is 3.74. The van der Waals surface area contributed by atoms with Crippen LogP contribution in [0.2, 0.25) is 0 Å². The average Bonchev–Trinajstić information content (AvgIpc) is 2.72. The molecular weight excluding hydrogens is 344 g/mol. The van der Waals surface area contributed by atoms with Crippen LogP contribution in [0.15, 0.2) is 18.2 Å². The van der Waals surface area contributed by atoms with Crippen LogP contribution in [0.4, 0.5) is 4.39 Å². The van der Waals surface area contributed by atoms with Crippen molar-refractivity contribution in [2.45, 2.75) is 26.2 Å². The van der Waals surface area contributed by atoms with Gasteiger partial charge in [0.25, 0.3) is 5.91 Å². The third kappa shape index (κ3) is 3.22. The van der Waals surface area contributed by atoms with Gasteiger partial charge >= 0.3 is 0 Å². The molecule has 1 fully saturated rings. The van der Waals surface area contributed by atoms with Crippen LogP contribution in [-0.2, 0) is 0 Å². The second kappa shape index (κ2) is 5.99. The minimum Gasteiger partial charge on any atom is -0.352 e. The topological polar surface area (TPSA) is 29.1 Å². The first kappa shape index (κ1) is 13.8. The van der Waals surface area contributed by atoms with Gasteiger partial charge in [-0.2, -0.15) is 0 Å². The Labute approximate surface area is 120 Å². The number of hydrogen-bond donors (Lipinski definition) is 1. The minimum absolute atomic E-state index is 0.0986. The molecule has 1 aliphatic rings. The van der Waals surface area contributed by atoms with E-state index < -0.39 is 0 Å². The summed E-state index contributed by atoms with van der Waals surface area (Å²) in [5, 5.41) is 2.97. The van der Waals surface area contributed by atoms with Gasteiger partial charge in [0.1, 0.15) is 5.82 Å². The van der Waals surface area contributed by atoms with Gasteiger partial charge in [0.15, 0.2) is 0 Å². The van der Waals surface area contributed by atoms with Crippen molar-refractivity contribution in [1.82, 2.24) is 5.32 Å². The van der Waals surface area contributed by atoms with Crippen molar-refractivity contribution in [3.63, 3.8) is 0 Å². The summed E-state index contributed by atoms with van der Waals surface area (Å²) in [6.45, 7) is 2.97. The van der Waals surface area contributed by atoms with Gasteiger partial charge in [-0.25, -0.2) is 4.39 Å². The quantitative estimate of drug-likeness (QED) is 0.819. The van der Waals surface area contributed by atoms with E-state index in [0.29, 0.717) is 21.0 Å². The third-order valence-corrected chi connectivity index (χ3v) is 4.63. The van der Waals surface area contributed by atoms with Gasteiger partial charge in [0.2, 0.25) is 0 Å². The van der Waals surface area contributed by atoms with Crippen LogP contribution in [0.5, 0.6) is 0 Å². The molecule has 0 aliphatic heterocycles. The Morgan fingerprint density at radius 3 is 2.89 bits per heavy atom. The van der Waals surface area contributed by atoms with Crippen molar-refractivity contribution in [3.05, 3.63) is 33.1 Å². The summed E-state index contributed by atoms with van der Waals surface area (Å²) in [6.07, 6.45) is 3.71. The molecule has 1 N–H and O–H groups in total. The highest BCUT2D eigenvalue weighted by Gasteiger charge is 2.23. The maximum atomic E-state index is 13.0. The molecule has 0 bridgehead atoms. The van der Waals surface area contributed by atoms with Gasteiger partial charge in [0, 0.05) is 10.1 Å². The molecule has 1 saturated carbocycles. The first-order valence-electron chi connectivity index (χ1n) is 6.31. The van der Waals surface area contributed by atoms with Crippen LogP contribution >= 0.6 is 22.6 Å². The second-order valence-electron chi connectivity index (χ2n) is 5.00. The fourth-order valence-electron chi connectivity index (χ4n) is 2.52. The number of carbonyl (C=O) groups is 1. The molecule has 1 amide bonds. The van der Waals surface area contributed by atoms with E-state index in [1.165, 1.54) is 31.4 Å². The largest absolute Gasteiger partial charge is 0.352 e. The number of rotatable bonds is 3. The number of benzene rings is 1. The van der Waals surface area contributed by atoms with Crippen LogP contribution in [0.3, 0.4) is 0 Å². The van der Waals surface area contributed by atoms with Gasteiger partial charge < -0.3 is 5.32 Å². The smallest absolute Gasteiger partial charge is 0.252 e. The molecule has 0 spiro atoms. The summed E-state index contributed by atoms with van der Waals surface area (Å²) < 4.78 is 13.6. The summed E-state index contributed by atoms with van der Waals surface area (Å²) in [5.74, 6) is 0.878. The van der Waals surface area contributed by atoms with E-state index in [1.54, 1.807) is 6.07 Å². The molecule has 1 aromatic carbocycles. The number of amides is 1. The van der Waals surface area contributed by atoms with Gasteiger partial charge in [-0.15, -0.1) is 0 Å². The second-order valence-corrected chi connectivity index (χ2v) is 6.16. The summed E-state index contributed by atoms with van der Waals surface area (Å²) in [6, 6.07) is 4.26. The van der Waals surface area contributed by atoms with E-state index in [2.05, 4.69) is 12.2 Å². The van der Waals surface area contributed by atoms with Crippen molar-refractivity contribution in [3.8, 4) is 0 Å². The summed E-state index contributed by atoms with van der Waals surface area (Å²) in [5.41, 5.74) is 0.558. The van der Waals surface area contributed by atoms with Crippen LogP contribution in [-0.4, -0.2) is 12.5 Å². The summed E-state index contributed by atoms with van der Waals surface area (Å²) >= 11 is 1.99. The van der Waals surface area contributed by atoms with E-state index >= 15 is 0 Å². The first-order chi connectivity index (χ1) is 8.58. The van der Waals surface area contributed by atoms with Crippen LogP contribution in [0.25, 0.3) is 0 Å². The molecule has 2 atom stereocenters. The van der Waals surface area contributed by atoms with Crippen molar-refractivity contribution in [2.24, 2.45) is 11.8 Å². The van der Waals surface area contributed by atoms with Crippen LogP contribution in [0.1, 0.15) is 36.5 Å². The predicted octanol–water partition coefficient (Wildman–Crippen LogP) is 3.60. The normalized spacial score (nSPS) is 23.1. The zero-order valence-corrected chi connectivity index (χ0v) is 12.5. The summed E-state index contributed by atoms with van der Waals surface area (Å²) in [4.78, 5) is 12.0. The maximum absolute atomic E-state index is 13.0. The molecule has 98 valence electrons. The van der Waals surface area contributed by atoms with E-state index in [0.717, 1.165) is 6.54 Å². The molecule has 0 aromatic heterocycles. The average molecular weight is 361 g/mol. The Bertz CT molecular complexity index is 449. The Morgan fingerprint density at radius 1 is 1.50 bits per heavy atom. The number of carbonyl (C=O) groups excluding carboxylic acids is 1. The van der Waals surface area contributed by atoms with Gasteiger partial charge in [-0.05, 0) is 59.0 Å². The molecule has 18 heavy (non-hydrogen) atoms.